The molecule has 0 atom stereocenters. The van der Waals surface area contributed by atoms with Crippen LogP contribution in [0.15, 0.2) is 0 Å². The molecular weight excluding hydrogens is 228 g/mol. The molecule has 0 aliphatic rings. The van der Waals surface area contributed by atoms with Gasteiger partial charge in [-0.15, -0.1) is 0 Å². The van der Waals surface area contributed by atoms with E-state index in [0.717, 1.165) is 0 Å². The SMILES string of the molecule is CCOC(=O)CC(=O)OCCBr. The lowest BCUT2D eigenvalue weighted by atomic mass is 10.4. The number of alkyl halides is 1. The number of carbonyl (C=O) groups is 2. The summed E-state index contributed by atoms with van der Waals surface area (Å²) in [4.78, 5) is 21.4. The summed E-state index contributed by atoms with van der Waals surface area (Å²) in [6.45, 7) is 2.24. The van der Waals surface area contributed by atoms with Gasteiger partial charge in [0.05, 0.1) is 6.61 Å². The molecule has 0 aromatic carbocycles. The van der Waals surface area contributed by atoms with Crippen LogP contribution in [0, 0.1) is 0 Å². The van der Waals surface area contributed by atoms with Crippen LogP contribution in [-0.4, -0.2) is 30.5 Å². The van der Waals surface area contributed by atoms with Gasteiger partial charge in [-0.1, -0.05) is 15.9 Å². The average molecular weight is 239 g/mol. The Morgan fingerprint density at radius 3 is 2.33 bits per heavy atom. The molecule has 0 saturated heterocycles. The van der Waals surface area contributed by atoms with Crippen LogP contribution in [0.5, 0.6) is 0 Å². The van der Waals surface area contributed by atoms with Crippen molar-refractivity contribution in [2.24, 2.45) is 0 Å². The summed E-state index contributed by atoms with van der Waals surface area (Å²) >= 11 is 3.08. The lowest BCUT2D eigenvalue weighted by Gasteiger charge is -2.01. The molecule has 5 heteroatoms. The fraction of sp³-hybridized carbons (Fsp3) is 0.714. The summed E-state index contributed by atoms with van der Waals surface area (Å²) < 4.78 is 9.16. The van der Waals surface area contributed by atoms with E-state index in [2.05, 4.69) is 25.4 Å². The van der Waals surface area contributed by atoms with Gasteiger partial charge in [-0.25, -0.2) is 0 Å². The van der Waals surface area contributed by atoms with E-state index in [1.54, 1.807) is 6.92 Å². The van der Waals surface area contributed by atoms with E-state index < -0.39 is 11.9 Å². The Bertz CT molecular complexity index is 157. The number of ether oxygens (including phenoxy) is 2. The van der Waals surface area contributed by atoms with Gasteiger partial charge in [0.1, 0.15) is 13.0 Å². The van der Waals surface area contributed by atoms with E-state index in [1.807, 2.05) is 0 Å². The molecule has 0 rings (SSSR count). The van der Waals surface area contributed by atoms with Crippen molar-refractivity contribution in [3.63, 3.8) is 0 Å². The van der Waals surface area contributed by atoms with Crippen LogP contribution in [0.1, 0.15) is 13.3 Å². The van der Waals surface area contributed by atoms with E-state index >= 15 is 0 Å². The molecule has 12 heavy (non-hydrogen) atoms. The Morgan fingerprint density at radius 2 is 1.83 bits per heavy atom. The minimum absolute atomic E-state index is 0.276. The normalized spacial score (nSPS) is 9.17. The summed E-state index contributed by atoms with van der Waals surface area (Å²) in [5.74, 6) is -1.09. The minimum atomic E-state index is -0.548. The Kier molecular flexibility index (Phi) is 6.75. The van der Waals surface area contributed by atoms with Gasteiger partial charge in [0.25, 0.3) is 0 Å². The first-order valence-electron chi connectivity index (χ1n) is 3.58. The Labute approximate surface area is 79.3 Å². The van der Waals surface area contributed by atoms with Gasteiger partial charge in [-0.3, -0.25) is 9.59 Å². The molecule has 0 aromatic rings. The lowest BCUT2D eigenvalue weighted by Crippen LogP contribution is -2.14. The second-order valence-electron chi connectivity index (χ2n) is 1.89. The average Bonchev–Trinajstić information content (AvgIpc) is 2.01. The zero-order valence-corrected chi connectivity index (χ0v) is 8.43. The maximum absolute atomic E-state index is 10.7. The van der Waals surface area contributed by atoms with Crippen molar-refractivity contribution in [2.45, 2.75) is 13.3 Å². The van der Waals surface area contributed by atoms with Crippen molar-refractivity contribution >= 4 is 27.9 Å². The van der Waals surface area contributed by atoms with Crippen LogP contribution in [0.4, 0.5) is 0 Å². The molecule has 0 fully saturated rings. The van der Waals surface area contributed by atoms with Crippen LogP contribution in [0.2, 0.25) is 0 Å². The van der Waals surface area contributed by atoms with Gasteiger partial charge in [0, 0.05) is 5.33 Å². The highest BCUT2D eigenvalue weighted by Crippen LogP contribution is 1.91. The molecule has 0 spiro atoms. The molecule has 0 N–H and O–H groups in total. The quantitative estimate of drug-likeness (QED) is 0.406. The van der Waals surface area contributed by atoms with Gasteiger partial charge < -0.3 is 9.47 Å². The first kappa shape index (κ1) is 11.4. The first-order valence-corrected chi connectivity index (χ1v) is 4.70. The van der Waals surface area contributed by atoms with Crippen molar-refractivity contribution < 1.29 is 19.1 Å². The van der Waals surface area contributed by atoms with E-state index in [0.29, 0.717) is 5.33 Å². The summed E-state index contributed by atoms with van der Waals surface area (Å²) in [7, 11) is 0. The fourth-order valence-electron chi connectivity index (χ4n) is 0.533. The van der Waals surface area contributed by atoms with Crippen LogP contribution in [0.3, 0.4) is 0 Å². The van der Waals surface area contributed by atoms with Gasteiger partial charge in [-0.05, 0) is 6.92 Å². The molecule has 0 unspecified atom stereocenters. The van der Waals surface area contributed by atoms with Crippen molar-refractivity contribution in [1.82, 2.24) is 0 Å². The standard InChI is InChI=1S/C7H11BrO4/c1-2-11-6(9)5-7(10)12-4-3-8/h2-5H2,1H3. The molecule has 0 aliphatic heterocycles. The number of esters is 2. The molecule has 4 nitrogen and oxygen atoms in total. The summed E-state index contributed by atoms with van der Waals surface area (Å²) in [5.41, 5.74) is 0. The highest BCUT2D eigenvalue weighted by molar-refractivity contribution is 9.09. The van der Waals surface area contributed by atoms with Crippen LogP contribution >= 0.6 is 15.9 Å². The highest BCUT2D eigenvalue weighted by atomic mass is 79.9. The molecule has 0 bridgehead atoms. The predicted octanol–water partition coefficient (Wildman–Crippen LogP) is 0.878. The monoisotopic (exact) mass is 238 g/mol. The highest BCUT2D eigenvalue weighted by Gasteiger charge is 2.10. The topological polar surface area (TPSA) is 52.6 Å². The third kappa shape index (κ3) is 6.15. The van der Waals surface area contributed by atoms with Crippen molar-refractivity contribution in [3.05, 3.63) is 0 Å². The molecular formula is C7H11BrO4. The van der Waals surface area contributed by atoms with Crippen LogP contribution < -0.4 is 0 Å². The fourth-order valence-corrected chi connectivity index (χ4v) is 0.695. The van der Waals surface area contributed by atoms with Crippen molar-refractivity contribution in [3.8, 4) is 0 Å². The zero-order valence-electron chi connectivity index (χ0n) is 6.84. The predicted molar refractivity (Wildman–Crippen MR) is 46.0 cm³/mol. The molecule has 70 valence electrons. The van der Waals surface area contributed by atoms with Crippen LogP contribution in [0.25, 0.3) is 0 Å². The number of hydrogen-bond acceptors (Lipinski definition) is 4. The smallest absolute Gasteiger partial charge is 0.317 e. The molecule has 0 heterocycles. The summed E-state index contributed by atoms with van der Waals surface area (Å²) in [5, 5.41) is 0.571. The molecule has 0 aromatic heterocycles. The maximum Gasteiger partial charge on any atom is 0.317 e. The summed E-state index contributed by atoms with van der Waals surface area (Å²) in [6, 6.07) is 0. The number of hydrogen-bond donors (Lipinski definition) is 0. The number of rotatable bonds is 5. The van der Waals surface area contributed by atoms with Crippen LogP contribution in [-0.2, 0) is 19.1 Å². The number of carbonyl (C=O) groups excluding carboxylic acids is 2. The van der Waals surface area contributed by atoms with E-state index in [1.165, 1.54) is 0 Å². The maximum atomic E-state index is 10.7. The molecule has 0 radical (unpaired) electrons. The van der Waals surface area contributed by atoms with Gasteiger partial charge in [0.15, 0.2) is 0 Å². The largest absolute Gasteiger partial charge is 0.466 e. The van der Waals surface area contributed by atoms with Crippen molar-refractivity contribution in [1.29, 1.82) is 0 Å². The third-order valence-corrected chi connectivity index (χ3v) is 1.26. The Hall–Kier alpha value is -0.580. The zero-order chi connectivity index (χ0) is 9.40. The first-order chi connectivity index (χ1) is 5.70. The molecule has 0 saturated carbocycles. The summed E-state index contributed by atoms with van der Waals surface area (Å²) in [6.07, 6.45) is -0.305. The third-order valence-electron chi connectivity index (χ3n) is 0.934. The van der Waals surface area contributed by atoms with Gasteiger partial charge in [-0.2, -0.15) is 0 Å². The number of halogens is 1. The van der Waals surface area contributed by atoms with E-state index in [-0.39, 0.29) is 19.6 Å². The van der Waals surface area contributed by atoms with E-state index in [4.69, 9.17) is 0 Å². The lowest BCUT2D eigenvalue weighted by molar-refractivity contribution is -0.153. The Balaban J connectivity index is 3.47. The van der Waals surface area contributed by atoms with Gasteiger partial charge in [0.2, 0.25) is 0 Å². The minimum Gasteiger partial charge on any atom is -0.466 e. The Morgan fingerprint density at radius 1 is 1.25 bits per heavy atom. The molecule has 0 aliphatic carbocycles. The second-order valence-corrected chi connectivity index (χ2v) is 2.68. The molecule has 0 amide bonds. The van der Waals surface area contributed by atoms with Crippen molar-refractivity contribution in [2.75, 3.05) is 18.5 Å². The van der Waals surface area contributed by atoms with Gasteiger partial charge >= 0.3 is 11.9 Å². The second kappa shape index (κ2) is 7.09. The van der Waals surface area contributed by atoms with E-state index in [9.17, 15) is 9.59 Å².